The summed E-state index contributed by atoms with van der Waals surface area (Å²) in [4.78, 5) is 2.72. The van der Waals surface area contributed by atoms with Crippen molar-refractivity contribution in [2.75, 3.05) is 18.1 Å². The van der Waals surface area contributed by atoms with E-state index in [2.05, 4.69) is 30.5 Å². The molecule has 0 unspecified atom stereocenters. The van der Waals surface area contributed by atoms with Crippen LogP contribution in [0.2, 0.25) is 0 Å². The van der Waals surface area contributed by atoms with E-state index in [0.717, 1.165) is 6.04 Å². The van der Waals surface area contributed by atoms with E-state index >= 15 is 0 Å². The van der Waals surface area contributed by atoms with Crippen molar-refractivity contribution in [2.24, 2.45) is 0 Å². The number of hydrogen-bond acceptors (Lipinski definition) is 2. The molecule has 2 aliphatic rings. The Morgan fingerprint density at radius 2 is 1.92 bits per heavy atom. The summed E-state index contributed by atoms with van der Waals surface area (Å²) in [6.45, 7) is 6.12. The third-order valence-corrected chi connectivity index (χ3v) is 4.42. The molecule has 1 nitrogen and oxygen atoms in total. The number of nitrogens with zero attached hydrogens (tertiary/aromatic N) is 1. The van der Waals surface area contributed by atoms with Gasteiger partial charge >= 0.3 is 0 Å². The molecule has 0 N–H and O–H groups in total. The molecule has 2 fully saturated rings. The van der Waals surface area contributed by atoms with Gasteiger partial charge in [0.15, 0.2) is 0 Å². The highest BCUT2D eigenvalue weighted by atomic mass is 32.2. The fraction of sp³-hybridized carbons (Fsp3) is 1.00. The van der Waals surface area contributed by atoms with Gasteiger partial charge in [0.2, 0.25) is 0 Å². The molecule has 2 aliphatic heterocycles. The van der Waals surface area contributed by atoms with E-state index in [1.165, 1.54) is 37.3 Å². The zero-order chi connectivity index (χ0) is 8.60. The first-order valence-corrected chi connectivity index (χ1v) is 6.20. The van der Waals surface area contributed by atoms with E-state index in [9.17, 15) is 0 Å². The monoisotopic (exact) mass is 185 g/mol. The van der Waals surface area contributed by atoms with Gasteiger partial charge in [0.25, 0.3) is 0 Å². The summed E-state index contributed by atoms with van der Waals surface area (Å²) < 4.78 is 0. The molecule has 0 aromatic carbocycles. The zero-order valence-corrected chi connectivity index (χ0v) is 8.99. The Balaban J connectivity index is 1.91. The molecule has 0 saturated carbocycles. The lowest BCUT2D eigenvalue weighted by Crippen LogP contribution is -2.60. The van der Waals surface area contributed by atoms with Crippen LogP contribution in [-0.2, 0) is 0 Å². The van der Waals surface area contributed by atoms with Crippen LogP contribution in [0, 0.1) is 0 Å². The summed E-state index contributed by atoms with van der Waals surface area (Å²) in [5.41, 5.74) is 0.521. The maximum atomic E-state index is 2.72. The van der Waals surface area contributed by atoms with Gasteiger partial charge in [-0.05, 0) is 44.6 Å². The molecule has 12 heavy (non-hydrogen) atoms. The van der Waals surface area contributed by atoms with Gasteiger partial charge < -0.3 is 0 Å². The Labute approximate surface area is 79.9 Å². The van der Waals surface area contributed by atoms with Crippen LogP contribution in [-0.4, -0.2) is 34.5 Å². The molecular weight excluding hydrogens is 166 g/mol. The maximum Gasteiger partial charge on any atom is 0.0168 e. The molecule has 70 valence electrons. The van der Waals surface area contributed by atoms with Crippen molar-refractivity contribution in [3.63, 3.8) is 0 Å². The second-order valence-electron chi connectivity index (χ2n) is 4.60. The first-order valence-electron chi connectivity index (χ1n) is 5.05. The number of likely N-dealkylation sites (tertiary alicyclic amines) is 1. The molecule has 2 heteroatoms. The summed E-state index contributed by atoms with van der Waals surface area (Å²) in [6.07, 6.45) is 4.25. The second kappa shape index (κ2) is 3.22. The molecule has 2 saturated heterocycles. The Morgan fingerprint density at radius 3 is 2.33 bits per heavy atom. The quantitative estimate of drug-likeness (QED) is 0.617. The summed E-state index contributed by atoms with van der Waals surface area (Å²) in [6, 6.07) is 0.912. The molecule has 0 aromatic heterocycles. The lowest BCUT2D eigenvalue weighted by atomic mass is 9.85. The van der Waals surface area contributed by atoms with Crippen LogP contribution in [0.4, 0.5) is 0 Å². The maximum absolute atomic E-state index is 2.72. The van der Waals surface area contributed by atoms with E-state index in [0.29, 0.717) is 5.54 Å². The molecule has 2 rings (SSSR count). The molecule has 0 atom stereocenters. The highest BCUT2D eigenvalue weighted by Gasteiger charge is 2.40. The Hall–Kier alpha value is 0.310. The van der Waals surface area contributed by atoms with Crippen LogP contribution in [0.1, 0.15) is 33.1 Å². The van der Waals surface area contributed by atoms with E-state index in [1.807, 2.05) is 0 Å². The lowest BCUT2D eigenvalue weighted by molar-refractivity contribution is -0.0271. The molecule has 0 aliphatic carbocycles. The standard InChI is InChI=1S/C10H19NS/c1-10(2)5-6-11(10)9-3-7-12-8-4-9/h9H,3-8H2,1-2H3. The van der Waals surface area contributed by atoms with Crippen LogP contribution < -0.4 is 0 Å². The minimum absolute atomic E-state index is 0.521. The van der Waals surface area contributed by atoms with Crippen molar-refractivity contribution in [3.8, 4) is 0 Å². The van der Waals surface area contributed by atoms with E-state index in [1.54, 1.807) is 0 Å². The SMILES string of the molecule is CC1(C)CCN1C1CCSCC1. The van der Waals surface area contributed by atoms with Crippen LogP contribution in [0.3, 0.4) is 0 Å². The Bertz CT molecular complexity index is 161. The highest BCUT2D eigenvalue weighted by molar-refractivity contribution is 7.99. The highest BCUT2D eigenvalue weighted by Crippen LogP contribution is 2.35. The normalized spacial score (nSPS) is 31.5. The van der Waals surface area contributed by atoms with Crippen molar-refractivity contribution in [1.82, 2.24) is 4.90 Å². The van der Waals surface area contributed by atoms with Gasteiger partial charge in [-0.2, -0.15) is 11.8 Å². The van der Waals surface area contributed by atoms with Gasteiger partial charge in [0.1, 0.15) is 0 Å². The average Bonchev–Trinajstić information content (AvgIpc) is 2.05. The van der Waals surface area contributed by atoms with Gasteiger partial charge in [0.05, 0.1) is 0 Å². The second-order valence-corrected chi connectivity index (χ2v) is 5.82. The smallest absolute Gasteiger partial charge is 0.0168 e. The summed E-state index contributed by atoms with van der Waals surface area (Å²) in [5.74, 6) is 2.77. The molecular formula is C10H19NS. The van der Waals surface area contributed by atoms with Gasteiger partial charge in [-0.15, -0.1) is 0 Å². The van der Waals surface area contributed by atoms with E-state index in [4.69, 9.17) is 0 Å². The van der Waals surface area contributed by atoms with Crippen LogP contribution in [0.5, 0.6) is 0 Å². The number of thioether (sulfide) groups is 1. The first-order chi connectivity index (χ1) is 5.70. The minimum atomic E-state index is 0.521. The van der Waals surface area contributed by atoms with Crippen molar-refractivity contribution >= 4 is 11.8 Å². The lowest BCUT2D eigenvalue weighted by Gasteiger charge is -2.53. The van der Waals surface area contributed by atoms with Crippen molar-refractivity contribution in [1.29, 1.82) is 0 Å². The predicted octanol–water partition coefficient (Wildman–Crippen LogP) is 2.37. The Kier molecular flexibility index (Phi) is 2.39. The average molecular weight is 185 g/mol. The zero-order valence-electron chi connectivity index (χ0n) is 8.18. The van der Waals surface area contributed by atoms with Gasteiger partial charge in [-0.1, -0.05) is 0 Å². The fourth-order valence-electron chi connectivity index (χ4n) is 2.36. The summed E-state index contributed by atoms with van der Waals surface area (Å²) >= 11 is 2.12. The van der Waals surface area contributed by atoms with Gasteiger partial charge in [0, 0.05) is 18.1 Å². The van der Waals surface area contributed by atoms with Crippen LogP contribution >= 0.6 is 11.8 Å². The van der Waals surface area contributed by atoms with Gasteiger partial charge in [-0.25, -0.2) is 0 Å². The van der Waals surface area contributed by atoms with Crippen molar-refractivity contribution in [2.45, 2.75) is 44.7 Å². The van der Waals surface area contributed by atoms with Gasteiger partial charge in [-0.3, -0.25) is 4.90 Å². The third kappa shape index (κ3) is 1.51. The fourth-order valence-corrected chi connectivity index (χ4v) is 3.44. The molecule has 0 spiro atoms. The number of rotatable bonds is 1. The molecule has 2 heterocycles. The predicted molar refractivity (Wildman–Crippen MR) is 55.7 cm³/mol. The molecule has 0 radical (unpaired) electrons. The van der Waals surface area contributed by atoms with Crippen LogP contribution in [0.15, 0.2) is 0 Å². The molecule has 0 aromatic rings. The van der Waals surface area contributed by atoms with Crippen LogP contribution in [0.25, 0.3) is 0 Å². The minimum Gasteiger partial charge on any atom is -0.295 e. The molecule has 0 amide bonds. The Morgan fingerprint density at radius 1 is 1.25 bits per heavy atom. The van der Waals surface area contributed by atoms with Crippen molar-refractivity contribution < 1.29 is 0 Å². The largest absolute Gasteiger partial charge is 0.295 e. The molecule has 0 bridgehead atoms. The topological polar surface area (TPSA) is 3.24 Å². The van der Waals surface area contributed by atoms with E-state index in [-0.39, 0.29) is 0 Å². The van der Waals surface area contributed by atoms with E-state index < -0.39 is 0 Å². The summed E-state index contributed by atoms with van der Waals surface area (Å²) in [5, 5.41) is 0. The summed E-state index contributed by atoms with van der Waals surface area (Å²) in [7, 11) is 0. The first kappa shape index (κ1) is 8.89. The third-order valence-electron chi connectivity index (χ3n) is 3.37. The number of hydrogen-bond donors (Lipinski definition) is 0. The van der Waals surface area contributed by atoms with Crippen molar-refractivity contribution in [3.05, 3.63) is 0 Å².